The fourth-order valence-corrected chi connectivity index (χ4v) is 7.98. The summed E-state index contributed by atoms with van der Waals surface area (Å²) in [7, 11) is 0. The van der Waals surface area contributed by atoms with Crippen molar-refractivity contribution < 1.29 is 0 Å². The van der Waals surface area contributed by atoms with Gasteiger partial charge >= 0.3 is 0 Å². The number of nitrogens with one attached hydrogen (secondary N) is 1. The third kappa shape index (κ3) is 4.37. The second-order valence-corrected chi connectivity index (χ2v) is 13.3. The van der Waals surface area contributed by atoms with Crippen LogP contribution < -0.4 is 0 Å². The van der Waals surface area contributed by atoms with Gasteiger partial charge in [-0.05, 0) is 85.3 Å². The highest BCUT2D eigenvalue weighted by Crippen LogP contribution is 2.48. The predicted octanol–water partition coefficient (Wildman–Crippen LogP) is 12.1. The highest BCUT2D eigenvalue weighted by molar-refractivity contribution is 6.17. The Bertz CT molecular complexity index is 3030. The second-order valence-electron chi connectivity index (χ2n) is 13.3. The van der Waals surface area contributed by atoms with E-state index in [1.54, 1.807) is 0 Å². The lowest BCUT2D eigenvalue weighted by atomic mass is 9.99. The van der Waals surface area contributed by atoms with Gasteiger partial charge in [0.05, 0.1) is 0 Å². The zero-order chi connectivity index (χ0) is 33.5. The summed E-state index contributed by atoms with van der Waals surface area (Å²) in [6, 6.07) is 58.1. The van der Waals surface area contributed by atoms with Crippen LogP contribution in [0, 0.1) is 0 Å². The molecule has 0 fully saturated rings. The molecule has 0 saturated carbocycles. The van der Waals surface area contributed by atoms with E-state index in [9.17, 15) is 0 Å². The predicted molar refractivity (Wildman–Crippen MR) is 210 cm³/mol. The lowest BCUT2D eigenvalue weighted by Gasteiger charge is -2.11. The molecule has 1 N–H and O–H groups in total. The SMILES string of the molecule is c1ccc(-c2nc(-c3cc4c5c(cccc5c3)-c3ccccc3-4)nc(-c3cccc4[nH]c5cc(-c6ccc7ccccc7c6)ccc5c34)n2)cc1. The molecule has 4 nitrogen and oxygen atoms in total. The van der Waals surface area contributed by atoms with Gasteiger partial charge in [0.15, 0.2) is 17.5 Å². The van der Waals surface area contributed by atoms with E-state index in [4.69, 9.17) is 15.0 Å². The molecule has 0 spiro atoms. The number of hydrogen-bond acceptors (Lipinski definition) is 3. The third-order valence-corrected chi connectivity index (χ3v) is 10.4. The van der Waals surface area contributed by atoms with Crippen LogP contribution >= 0.6 is 0 Å². The van der Waals surface area contributed by atoms with Gasteiger partial charge in [0.25, 0.3) is 0 Å². The fraction of sp³-hybridized carbons (Fsp3) is 0. The van der Waals surface area contributed by atoms with Gasteiger partial charge < -0.3 is 4.98 Å². The van der Waals surface area contributed by atoms with E-state index in [0.29, 0.717) is 17.5 Å². The molecule has 11 rings (SSSR count). The van der Waals surface area contributed by atoms with Crippen molar-refractivity contribution >= 4 is 43.4 Å². The number of benzene rings is 8. The summed E-state index contributed by atoms with van der Waals surface area (Å²) in [6.07, 6.45) is 0. The molecule has 51 heavy (non-hydrogen) atoms. The molecule has 0 amide bonds. The van der Waals surface area contributed by atoms with E-state index in [-0.39, 0.29) is 0 Å². The maximum atomic E-state index is 5.25. The van der Waals surface area contributed by atoms with Crippen LogP contribution in [0.4, 0.5) is 0 Å². The van der Waals surface area contributed by atoms with Gasteiger partial charge in [-0.3, -0.25) is 0 Å². The molecule has 0 bridgehead atoms. The molecule has 0 atom stereocenters. The van der Waals surface area contributed by atoms with Crippen molar-refractivity contribution in [1.82, 2.24) is 19.9 Å². The first-order chi connectivity index (χ1) is 25.2. The van der Waals surface area contributed by atoms with Crippen molar-refractivity contribution in [2.24, 2.45) is 0 Å². The maximum absolute atomic E-state index is 5.25. The van der Waals surface area contributed by atoms with Crippen molar-refractivity contribution in [3.63, 3.8) is 0 Å². The number of fused-ring (bicyclic) bond motifs is 7. The lowest BCUT2D eigenvalue weighted by molar-refractivity contribution is 1.08. The quantitative estimate of drug-likeness (QED) is 0.207. The zero-order valence-corrected chi connectivity index (χ0v) is 27.4. The number of H-pyrrole nitrogens is 1. The van der Waals surface area contributed by atoms with E-state index in [1.807, 2.05) is 18.2 Å². The minimum Gasteiger partial charge on any atom is -0.354 e. The molecule has 0 unspecified atom stereocenters. The van der Waals surface area contributed by atoms with Crippen LogP contribution in [0.1, 0.15) is 0 Å². The van der Waals surface area contributed by atoms with Gasteiger partial charge in [0, 0.05) is 38.5 Å². The second kappa shape index (κ2) is 10.8. The largest absolute Gasteiger partial charge is 0.354 e. The molecular formula is C47H28N4. The van der Waals surface area contributed by atoms with Gasteiger partial charge in [-0.1, -0.05) is 133 Å². The molecule has 4 heteroatoms. The lowest BCUT2D eigenvalue weighted by Crippen LogP contribution is -2.00. The van der Waals surface area contributed by atoms with E-state index in [2.05, 4.69) is 151 Å². The fourth-order valence-electron chi connectivity index (χ4n) is 7.98. The Labute approximate surface area is 293 Å². The van der Waals surface area contributed by atoms with E-state index < -0.39 is 0 Å². The molecule has 2 aromatic heterocycles. The van der Waals surface area contributed by atoms with Gasteiger partial charge in [-0.15, -0.1) is 0 Å². The van der Waals surface area contributed by atoms with Gasteiger partial charge in [-0.2, -0.15) is 0 Å². The summed E-state index contributed by atoms with van der Waals surface area (Å²) in [5, 5.41) is 7.18. The van der Waals surface area contributed by atoms with Crippen LogP contribution in [0.25, 0.3) is 111 Å². The van der Waals surface area contributed by atoms with Crippen molar-refractivity contribution in [3.05, 3.63) is 164 Å². The molecular weight excluding hydrogens is 621 g/mol. The first-order valence-electron chi connectivity index (χ1n) is 17.3. The summed E-state index contributed by atoms with van der Waals surface area (Å²) >= 11 is 0. The molecule has 1 aliphatic rings. The molecule has 0 saturated heterocycles. The number of aromatic amines is 1. The Morgan fingerprint density at radius 1 is 0.314 bits per heavy atom. The third-order valence-electron chi connectivity index (χ3n) is 10.4. The summed E-state index contributed by atoms with van der Waals surface area (Å²) in [4.78, 5) is 19.2. The Kier molecular flexibility index (Phi) is 5.92. The van der Waals surface area contributed by atoms with Gasteiger partial charge in [-0.25, -0.2) is 15.0 Å². The Morgan fingerprint density at radius 3 is 1.82 bits per heavy atom. The van der Waals surface area contributed by atoms with Crippen LogP contribution in [0.15, 0.2) is 164 Å². The van der Waals surface area contributed by atoms with Crippen molar-refractivity contribution in [1.29, 1.82) is 0 Å². The van der Waals surface area contributed by atoms with Crippen LogP contribution in [-0.4, -0.2) is 19.9 Å². The molecule has 8 aromatic carbocycles. The topological polar surface area (TPSA) is 54.5 Å². The van der Waals surface area contributed by atoms with Gasteiger partial charge in [0.2, 0.25) is 0 Å². The van der Waals surface area contributed by atoms with E-state index in [1.165, 1.54) is 54.9 Å². The average Bonchev–Trinajstić information content (AvgIpc) is 3.74. The smallest absolute Gasteiger partial charge is 0.164 e. The van der Waals surface area contributed by atoms with Crippen molar-refractivity contribution in [3.8, 4) is 67.5 Å². The standard InChI is InChI=1S/C47H28N4/c1-2-11-29(12-3-1)45-49-46(34-25-33-14-8-17-37-35-15-6-7-16-36(35)40(26-34)43(33)37)51-47(50-45)39-18-9-19-41-44(39)38-23-22-32(27-42(38)48-41)31-21-20-28-10-4-5-13-30(28)24-31/h1-27,48H. The number of aromatic nitrogens is 4. The number of nitrogens with zero attached hydrogens (tertiary/aromatic N) is 3. The molecule has 10 aromatic rings. The minimum atomic E-state index is 0.648. The molecule has 1 aliphatic carbocycles. The summed E-state index contributed by atoms with van der Waals surface area (Å²) in [5.41, 5.74) is 12.4. The molecule has 2 heterocycles. The van der Waals surface area contributed by atoms with Crippen LogP contribution in [0.5, 0.6) is 0 Å². The maximum Gasteiger partial charge on any atom is 0.164 e. The van der Waals surface area contributed by atoms with E-state index in [0.717, 1.165) is 38.5 Å². The molecule has 0 radical (unpaired) electrons. The Morgan fingerprint density at radius 2 is 0.941 bits per heavy atom. The van der Waals surface area contributed by atoms with Crippen LogP contribution in [0.3, 0.4) is 0 Å². The normalized spacial score (nSPS) is 11.9. The van der Waals surface area contributed by atoms with Gasteiger partial charge in [0.1, 0.15) is 0 Å². The highest BCUT2D eigenvalue weighted by atomic mass is 15.0. The summed E-state index contributed by atoms with van der Waals surface area (Å²) in [5.74, 6) is 1.95. The minimum absolute atomic E-state index is 0.648. The zero-order valence-electron chi connectivity index (χ0n) is 27.4. The summed E-state index contributed by atoms with van der Waals surface area (Å²) < 4.78 is 0. The summed E-state index contributed by atoms with van der Waals surface area (Å²) in [6.45, 7) is 0. The highest BCUT2D eigenvalue weighted by Gasteiger charge is 2.23. The first-order valence-corrected chi connectivity index (χ1v) is 17.3. The Hall–Kier alpha value is -6.91. The number of hydrogen-bond donors (Lipinski definition) is 1. The van der Waals surface area contributed by atoms with Crippen molar-refractivity contribution in [2.75, 3.05) is 0 Å². The molecule has 0 aliphatic heterocycles. The monoisotopic (exact) mass is 648 g/mol. The van der Waals surface area contributed by atoms with E-state index >= 15 is 0 Å². The van der Waals surface area contributed by atoms with Crippen LogP contribution in [-0.2, 0) is 0 Å². The molecule has 236 valence electrons. The number of rotatable bonds is 4. The van der Waals surface area contributed by atoms with Crippen molar-refractivity contribution in [2.45, 2.75) is 0 Å². The Balaban J connectivity index is 1.11. The first kappa shape index (κ1) is 28.0. The average molecular weight is 649 g/mol. The van der Waals surface area contributed by atoms with Crippen LogP contribution in [0.2, 0.25) is 0 Å².